The van der Waals surface area contributed by atoms with Gasteiger partial charge >= 0.3 is 101 Å². The molecule has 14 N–H and O–H groups in total. The quantitative estimate of drug-likeness (QED) is 0.0177. The minimum absolute atomic E-state index is 0.0631. The molecule has 802 valence electrons. The van der Waals surface area contributed by atoms with E-state index in [9.17, 15) is 95.4 Å². The van der Waals surface area contributed by atoms with Crippen molar-refractivity contribution in [2.45, 2.75) is 145 Å². The predicted octanol–water partition coefficient (Wildman–Crippen LogP) is 1.37. The number of carboxylic acids is 14. The van der Waals surface area contributed by atoms with Crippen molar-refractivity contribution < 1.29 is 176 Å². The maximum Gasteiger partial charge on any atom is 0.516 e. The summed E-state index contributed by atoms with van der Waals surface area (Å²) in [5, 5.41) is 121. The number of ether oxygens (including phenoxy) is 2. The van der Waals surface area contributed by atoms with E-state index >= 15 is 0 Å². The summed E-state index contributed by atoms with van der Waals surface area (Å²) in [4.78, 5) is 233. The Labute approximate surface area is 819 Å². The number of aliphatic carboxylic acids is 14. The standard InChI is InChI=1S/C24H36N6O15.C11H17NO8.2C6H9NO6.6C6H15N.CH3BFI/c31-16(7-25(10-19(34)35)11-20(36)37)28-1-2-29(17(32)8-26(12-21(38)39)13-22(40)41)5-6-30(4-3-28)18(33)9-27(14-23(42)43)15-24(44)45;1-7(2)6-19-11(18)20-10(17)5-12(3-8(13)14)4-9(15)16;2*8-4(9)1-7(2-5(10)11)3-6(12)13;6*1-4-7(5-2)6-3;1-2(3)4/h1-15H2,(H,34,35)(H,36,37)(H,38,39)(H,40,41)(H,42,43)(H,44,45);7H,3-6H2,1-2H3,(H,13,14)(H,15,16);2*1-3H2,(H,8,9)(H,10,11)(H,12,13);6*4-6H2,1-3H3;1H3. The molecule has 0 atom stereocenters. The lowest BCUT2D eigenvalue weighted by Gasteiger charge is -2.29. The first-order valence-corrected chi connectivity index (χ1v) is 46.3. The van der Waals surface area contributed by atoms with Gasteiger partial charge in [-0.1, -0.05) is 138 Å². The van der Waals surface area contributed by atoms with E-state index in [0.29, 0.717) is 0 Å². The Balaban J connectivity index is -0.000000182. The third-order valence-electron chi connectivity index (χ3n) is 18.2. The molecule has 1 saturated heterocycles. The molecule has 50 nitrogen and oxygen atoms in total. The molecule has 53 heteroatoms. The minimum Gasteiger partial charge on any atom is -0.480 e. The molecule has 1 aliphatic heterocycles. The summed E-state index contributed by atoms with van der Waals surface area (Å²) < 4.78 is 19.8. The van der Waals surface area contributed by atoms with Crippen molar-refractivity contribution in [1.29, 1.82) is 0 Å². The number of halogens is 2. The summed E-state index contributed by atoms with van der Waals surface area (Å²) in [5.74, 6) is -21.9. The molecule has 3 amide bonds. The van der Waals surface area contributed by atoms with Crippen molar-refractivity contribution in [2.75, 3.05) is 281 Å². The van der Waals surface area contributed by atoms with Gasteiger partial charge in [0.1, 0.15) is 0 Å². The summed E-state index contributed by atoms with van der Waals surface area (Å²) >= 11 is 1.68. The van der Waals surface area contributed by atoms with Gasteiger partial charge in [0.2, 0.25) is 17.7 Å². The highest BCUT2D eigenvalue weighted by atomic mass is 127. The average molecular weight is 2100 g/mol. The first-order valence-electron chi connectivity index (χ1n) is 45.0. The van der Waals surface area contributed by atoms with Crippen LogP contribution in [0.2, 0.25) is 6.82 Å². The molecular weight excluding hydrogens is 1940 g/mol. The van der Waals surface area contributed by atoms with Crippen LogP contribution in [0.3, 0.4) is 0 Å². The normalized spacial score (nSPS) is 11.4. The van der Waals surface area contributed by atoms with E-state index in [2.05, 4.69) is 164 Å². The Morgan fingerprint density at radius 3 is 0.467 bits per heavy atom. The van der Waals surface area contributed by atoms with Crippen LogP contribution in [0.25, 0.3) is 0 Å². The zero-order valence-electron chi connectivity index (χ0n) is 84.4. The van der Waals surface area contributed by atoms with E-state index in [4.69, 9.17) is 71.5 Å². The second-order valence-electron chi connectivity index (χ2n) is 29.2. The van der Waals surface area contributed by atoms with Gasteiger partial charge in [-0.05, 0) is 131 Å². The molecule has 1 fully saturated rings. The first-order chi connectivity index (χ1) is 63.8. The fourth-order valence-electron chi connectivity index (χ4n) is 11.0. The lowest BCUT2D eigenvalue weighted by molar-refractivity contribution is -0.148. The van der Waals surface area contributed by atoms with Gasteiger partial charge in [0.15, 0.2) is 0 Å². The van der Waals surface area contributed by atoms with Gasteiger partial charge in [-0.2, -0.15) is 0 Å². The number of amides is 3. The van der Waals surface area contributed by atoms with Crippen molar-refractivity contribution >= 4 is 141 Å². The number of esters is 1. The second-order valence-corrected chi connectivity index (χ2v) is 30.9. The van der Waals surface area contributed by atoms with Crippen molar-refractivity contribution in [3.8, 4) is 0 Å². The molecule has 0 saturated carbocycles. The van der Waals surface area contributed by atoms with E-state index in [1.165, 1.54) is 125 Å². The molecule has 0 radical (unpaired) electrons. The Bertz CT molecular complexity index is 2870. The fraction of sp³-hybridized carbons (Fsp3) is 0.774. The Kier molecular flexibility index (Phi) is 104. The number of nitrogens with zero attached hydrogens (tertiary/aromatic N) is 15. The van der Waals surface area contributed by atoms with Gasteiger partial charge in [-0.3, -0.25) is 116 Å². The molecule has 0 aromatic heterocycles. The van der Waals surface area contributed by atoms with Crippen LogP contribution in [0.5, 0.6) is 0 Å². The van der Waals surface area contributed by atoms with Crippen LogP contribution in [0, 0.1) is 5.92 Å². The van der Waals surface area contributed by atoms with Gasteiger partial charge in [0, 0.05) is 39.3 Å². The molecular formula is C84H164BFIN15O35. The third kappa shape index (κ3) is 108. The maximum atomic E-state index is 13.2. The molecule has 1 heterocycles. The second kappa shape index (κ2) is 96.4. The number of hydrogen-bond donors (Lipinski definition) is 14. The van der Waals surface area contributed by atoms with E-state index in [1.807, 2.05) is 0 Å². The van der Waals surface area contributed by atoms with Gasteiger partial charge in [0.05, 0.1) is 124 Å². The van der Waals surface area contributed by atoms with Crippen LogP contribution >= 0.6 is 22.4 Å². The summed E-state index contributed by atoms with van der Waals surface area (Å²) in [6, 6.07) is 0. The Hall–Kier alpha value is -9.83. The lowest BCUT2D eigenvalue weighted by Crippen LogP contribution is -2.49. The number of hydrogen-bond acceptors (Lipinski definition) is 33. The van der Waals surface area contributed by atoms with Crippen LogP contribution in [0.15, 0.2) is 0 Å². The monoisotopic (exact) mass is 2100 g/mol. The number of carbonyl (C=O) groups is 19. The van der Waals surface area contributed by atoms with Crippen molar-refractivity contribution in [2.24, 2.45) is 5.92 Å². The molecule has 1 rings (SSSR count). The van der Waals surface area contributed by atoms with Gasteiger partial charge < -0.3 is 129 Å². The predicted molar refractivity (Wildman–Crippen MR) is 515 cm³/mol. The number of carbonyl (C=O) groups excluding carboxylic acids is 5. The molecule has 0 unspecified atom stereocenters. The van der Waals surface area contributed by atoms with Crippen LogP contribution < -0.4 is 0 Å². The molecule has 1 aliphatic rings. The van der Waals surface area contributed by atoms with Crippen LogP contribution in [0.4, 0.5) is 9.11 Å². The maximum absolute atomic E-state index is 13.2. The number of rotatable bonds is 56. The minimum atomic E-state index is -1.40. The highest BCUT2D eigenvalue weighted by Crippen LogP contribution is 2.08. The van der Waals surface area contributed by atoms with Crippen LogP contribution in [0.1, 0.15) is 138 Å². The molecule has 0 aromatic carbocycles. The van der Waals surface area contributed by atoms with E-state index in [0.717, 1.165) is 44.1 Å². The molecule has 0 aromatic rings. The highest BCUT2D eigenvalue weighted by Gasteiger charge is 2.30. The summed E-state index contributed by atoms with van der Waals surface area (Å²) in [6.07, 6.45) is -1.20. The topological polar surface area (TPSA) is 675 Å². The Morgan fingerprint density at radius 2 is 0.365 bits per heavy atom. The summed E-state index contributed by atoms with van der Waals surface area (Å²) in [6.45, 7) is 52.5. The van der Waals surface area contributed by atoms with E-state index < -0.39 is 236 Å². The Morgan fingerprint density at radius 1 is 0.248 bits per heavy atom. The van der Waals surface area contributed by atoms with Crippen LogP contribution in [-0.4, -0.2) is 545 Å². The van der Waals surface area contributed by atoms with Crippen molar-refractivity contribution in [3.63, 3.8) is 0 Å². The van der Waals surface area contributed by atoms with Crippen molar-refractivity contribution in [3.05, 3.63) is 0 Å². The van der Waals surface area contributed by atoms with Crippen LogP contribution in [-0.2, 0) is 95.8 Å². The third-order valence-corrected chi connectivity index (χ3v) is 18.2. The molecule has 0 spiro atoms. The highest BCUT2D eigenvalue weighted by molar-refractivity contribution is 14.1. The summed E-state index contributed by atoms with van der Waals surface area (Å²) in [7, 11) is 0. The molecule has 0 aliphatic carbocycles. The smallest absolute Gasteiger partial charge is 0.480 e. The van der Waals surface area contributed by atoms with Crippen molar-refractivity contribution in [1.82, 2.24) is 73.5 Å². The van der Waals surface area contributed by atoms with E-state index in [-0.39, 0.29) is 51.8 Å². The van der Waals surface area contributed by atoms with E-state index in [1.54, 1.807) is 36.2 Å². The van der Waals surface area contributed by atoms with Gasteiger partial charge in [-0.25, -0.2) is 4.79 Å². The zero-order chi connectivity index (χ0) is 109. The average Bonchev–Trinajstić information content (AvgIpc) is 1.78. The molecule has 137 heavy (non-hydrogen) atoms. The largest absolute Gasteiger partial charge is 0.516 e. The number of carboxylic acid groups (broad SMARTS) is 14. The summed E-state index contributed by atoms with van der Waals surface area (Å²) in [5.41, 5.74) is 0. The fourth-order valence-corrected chi connectivity index (χ4v) is 11.0. The molecule has 0 bridgehead atoms. The first kappa shape index (κ1) is 147. The zero-order valence-corrected chi connectivity index (χ0v) is 86.5. The SMILES string of the molecule is CB(F)I.CC(C)COC(=O)OC(=O)CN(CC(=O)O)CC(=O)O.CCN(CC)CC.CCN(CC)CC.CCN(CC)CC.CCN(CC)CC.CCN(CC)CC.CCN(CC)CC.O=C(O)CN(CC(=O)O)CC(=O)N1CCN(C(=O)CN(CC(=O)O)CC(=O)O)CCN(C(=O)CN(CC(=O)O)CC(=O)O)CC1.O=C(O)CN(CC(=O)O)CC(=O)O.O=C(O)CN(CC(=O)O)CC(=O)O. The van der Waals surface area contributed by atoms with Gasteiger partial charge in [0.25, 0.3) is 0 Å². The lowest BCUT2D eigenvalue weighted by atomic mass is 10.2. The van der Waals surface area contributed by atoms with Gasteiger partial charge in [-0.15, -0.1) is 22.4 Å².